The van der Waals surface area contributed by atoms with Gasteiger partial charge in [0.15, 0.2) is 0 Å². The Morgan fingerprint density at radius 1 is 0.949 bits per heavy atom. The fraction of sp³-hybridized carbons (Fsp3) is 0.310. The highest BCUT2D eigenvalue weighted by molar-refractivity contribution is 7.92. The van der Waals surface area contributed by atoms with Crippen molar-refractivity contribution in [2.24, 2.45) is 5.92 Å². The first-order chi connectivity index (χ1) is 18.5. The Bertz CT molecular complexity index is 1370. The van der Waals surface area contributed by atoms with E-state index >= 15 is 0 Å². The highest BCUT2D eigenvalue weighted by Crippen LogP contribution is 2.35. The molecule has 8 nitrogen and oxygen atoms in total. The highest BCUT2D eigenvalue weighted by atomic mass is 35.5. The molecule has 2 amide bonds. The number of nitrogens with zero attached hydrogens (tertiary/aromatic N) is 2. The second kappa shape index (κ2) is 13.5. The van der Waals surface area contributed by atoms with E-state index in [0.717, 1.165) is 9.87 Å². The van der Waals surface area contributed by atoms with E-state index in [2.05, 4.69) is 5.32 Å². The predicted molar refractivity (Wildman–Crippen MR) is 153 cm³/mol. The van der Waals surface area contributed by atoms with Gasteiger partial charge in [-0.1, -0.05) is 74.0 Å². The summed E-state index contributed by atoms with van der Waals surface area (Å²) >= 11 is 6.25. The lowest BCUT2D eigenvalue weighted by atomic mass is 10.1. The minimum atomic E-state index is -4.23. The molecule has 0 aliphatic rings. The maximum absolute atomic E-state index is 13.9. The summed E-state index contributed by atoms with van der Waals surface area (Å²) in [6.07, 6.45) is 0. The number of halogens is 1. The monoisotopic (exact) mass is 571 g/mol. The normalized spacial score (nSPS) is 12.1. The number of hydrogen-bond acceptors (Lipinski definition) is 5. The first-order valence-electron chi connectivity index (χ1n) is 12.6. The molecule has 3 aromatic rings. The summed E-state index contributed by atoms with van der Waals surface area (Å²) in [5.74, 6) is -0.441. The number of methoxy groups -OCH3 is 1. The van der Waals surface area contributed by atoms with Gasteiger partial charge < -0.3 is 15.0 Å². The number of carbonyl (C=O) groups is 2. The number of rotatable bonds is 12. The number of anilines is 1. The number of ether oxygens (including phenoxy) is 1. The SMILES string of the molecule is COc1ccc(Cl)cc1N(CC(=O)N(Cc1ccccc1)[C@@H](C)C(=O)NCC(C)C)S(=O)(=O)c1ccccc1. The molecule has 0 heterocycles. The van der Waals surface area contributed by atoms with Crippen molar-refractivity contribution in [3.05, 3.63) is 89.4 Å². The third-order valence-corrected chi connectivity index (χ3v) is 8.08. The molecule has 0 saturated heterocycles. The predicted octanol–water partition coefficient (Wildman–Crippen LogP) is 4.73. The fourth-order valence-corrected chi connectivity index (χ4v) is 5.51. The van der Waals surface area contributed by atoms with Crippen molar-refractivity contribution in [3.63, 3.8) is 0 Å². The molecule has 0 aliphatic heterocycles. The topological polar surface area (TPSA) is 96.0 Å². The Balaban J connectivity index is 2.05. The van der Waals surface area contributed by atoms with Crippen LogP contribution in [0.2, 0.25) is 5.02 Å². The van der Waals surface area contributed by atoms with Gasteiger partial charge >= 0.3 is 0 Å². The minimum absolute atomic E-state index is 0.00263. The lowest BCUT2D eigenvalue weighted by molar-refractivity contribution is -0.139. The lowest BCUT2D eigenvalue weighted by Crippen LogP contribution is -2.51. The number of sulfonamides is 1. The molecule has 0 radical (unpaired) electrons. The standard InChI is InChI=1S/C29H34ClN3O5S/c1-21(2)18-31-29(35)22(3)32(19-23-11-7-5-8-12-23)28(34)20-33(26-17-24(30)15-16-27(26)38-4)39(36,37)25-13-9-6-10-14-25/h5-17,21-22H,18-20H2,1-4H3,(H,31,35)/t22-/m0/s1. The summed E-state index contributed by atoms with van der Waals surface area (Å²) in [7, 11) is -2.82. The zero-order chi connectivity index (χ0) is 28.6. The Morgan fingerprint density at radius 3 is 2.15 bits per heavy atom. The second-order valence-electron chi connectivity index (χ2n) is 9.46. The van der Waals surface area contributed by atoms with E-state index in [0.29, 0.717) is 6.54 Å². The molecule has 0 fully saturated rings. The average molecular weight is 572 g/mol. The van der Waals surface area contributed by atoms with Crippen LogP contribution in [0.3, 0.4) is 0 Å². The number of carbonyl (C=O) groups excluding carboxylic acids is 2. The maximum Gasteiger partial charge on any atom is 0.264 e. The Hall–Kier alpha value is -3.56. The zero-order valence-corrected chi connectivity index (χ0v) is 24.1. The van der Waals surface area contributed by atoms with E-state index in [9.17, 15) is 18.0 Å². The average Bonchev–Trinajstić information content (AvgIpc) is 2.93. The number of amides is 2. The van der Waals surface area contributed by atoms with Gasteiger partial charge in [-0.2, -0.15) is 0 Å². The molecule has 1 atom stereocenters. The van der Waals surface area contributed by atoms with Crippen LogP contribution >= 0.6 is 11.6 Å². The van der Waals surface area contributed by atoms with Crippen molar-refractivity contribution in [3.8, 4) is 5.75 Å². The van der Waals surface area contributed by atoms with Crippen LogP contribution in [0.25, 0.3) is 0 Å². The Kier molecular flexibility index (Phi) is 10.4. The van der Waals surface area contributed by atoms with Crippen LogP contribution in [0.4, 0.5) is 5.69 Å². The molecule has 0 aromatic heterocycles. The summed E-state index contributed by atoms with van der Waals surface area (Å²) in [4.78, 5) is 28.4. The maximum atomic E-state index is 13.9. The van der Waals surface area contributed by atoms with Crippen LogP contribution in [0.5, 0.6) is 5.75 Å². The molecular formula is C29H34ClN3O5S. The van der Waals surface area contributed by atoms with Crippen LogP contribution in [0.15, 0.2) is 83.8 Å². The van der Waals surface area contributed by atoms with Crippen LogP contribution < -0.4 is 14.4 Å². The Labute approximate surface area is 235 Å². The molecular weight excluding hydrogens is 538 g/mol. The molecule has 0 spiro atoms. The number of hydrogen-bond donors (Lipinski definition) is 1. The van der Waals surface area contributed by atoms with E-state index in [1.807, 2.05) is 44.2 Å². The quantitative estimate of drug-likeness (QED) is 0.339. The zero-order valence-electron chi connectivity index (χ0n) is 22.5. The van der Waals surface area contributed by atoms with Gasteiger partial charge in [0.05, 0.1) is 17.7 Å². The van der Waals surface area contributed by atoms with Gasteiger partial charge in [-0.3, -0.25) is 13.9 Å². The van der Waals surface area contributed by atoms with Crippen molar-refractivity contribution >= 4 is 39.1 Å². The number of nitrogens with one attached hydrogen (secondary N) is 1. The van der Waals surface area contributed by atoms with Crippen LogP contribution in [-0.2, 0) is 26.2 Å². The molecule has 3 rings (SSSR count). The lowest BCUT2D eigenvalue weighted by Gasteiger charge is -2.32. The van der Waals surface area contributed by atoms with E-state index in [1.54, 1.807) is 37.3 Å². The molecule has 208 valence electrons. The van der Waals surface area contributed by atoms with E-state index in [-0.39, 0.29) is 39.7 Å². The first kappa shape index (κ1) is 30.0. The highest BCUT2D eigenvalue weighted by Gasteiger charge is 2.34. The molecule has 3 aromatic carbocycles. The molecule has 1 N–H and O–H groups in total. The third kappa shape index (κ3) is 7.74. The van der Waals surface area contributed by atoms with E-state index in [1.165, 1.54) is 30.2 Å². The van der Waals surface area contributed by atoms with Crippen LogP contribution in [0, 0.1) is 5.92 Å². The van der Waals surface area contributed by atoms with Gasteiger partial charge in [0.25, 0.3) is 10.0 Å². The smallest absolute Gasteiger partial charge is 0.264 e. The van der Waals surface area contributed by atoms with Crippen molar-refractivity contribution in [2.45, 2.75) is 38.3 Å². The molecule has 0 unspecified atom stereocenters. The van der Waals surface area contributed by atoms with Gasteiger partial charge in [-0.05, 0) is 48.7 Å². The summed E-state index contributed by atoms with van der Waals surface area (Å²) in [6.45, 7) is 5.56. The van der Waals surface area contributed by atoms with E-state index in [4.69, 9.17) is 16.3 Å². The number of benzene rings is 3. The largest absolute Gasteiger partial charge is 0.495 e. The van der Waals surface area contributed by atoms with Crippen molar-refractivity contribution in [2.75, 3.05) is 24.5 Å². The summed E-state index contributed by atoms with van der Waals surface area (Å²) < 4.78 is 34.2. The van der Waals surface area contributed by atoms with Gasteiger partial charge in [0.1, 0.15) is 18.3 Å². The van der Waals surface area contributed by atoms with Gasteiger partial charge in [-0.25, -0.2) is 8.42 Å². The van der Waals surface area contributed by atoms with Crippen LogP contribution in [-0.4, -0.2) is 51.4 Å². The van der Waals surface area contributed by atoms with Crippen molar-refractivity contribution in [1.82, 2.24) is 10.2 Å². The van der Waals surface area contributed by atoms with Gasteiger partial charge in [-0.15, -0.1) is 0 Å². The molecule has 0 saturated carbocycles. The molecule has 0 aliphatic carbocycles. The molecule has 39 heavy (non-hydrogen) atoms. The Morgan fingerprint density at radius 2 is 1.56 bits per heavy atom. The van der Waals surface area contributed by atoms with Gasteiger partial charge in [0, 0.05) is 18.1 Å². The minimum Gasteiger partial charge on any atom is -0.495 e. The molecule has 0 bridgehead atoms. The molecule has 10 heteroatoms. The fourth-order valence-electron chi connectivity index (χ4n) is 3.91. The summed E-state index contributed by atoms with van der Waals surface area (Å²) in [6, 6.07) is 20.7. The summed E-state index contributed by atoms with van der Waals surface area (Å²) in [5, 5.41) is 3.14. The van der Waals surface area contributed by atoms with E-state index < -0.39 is 28.5 Å². The second-order valence-corrected chi connectivity index (χ2v) is 11.8. The van der Waals surface area contributed by atoms with Crippen LogP contribution in [0.1, 0.15) is 26.3 Å². The van der Waals surface area contributed by atoms with Gasteiger partial charge in [0.2, 0.25) is 11.8 Å². The van der Waals surface area contributed by atoms with Crippen molar-refractivity contribution < 1.29 is 22.7 Å². The first-order valence-corrected chi connectivity index (χ1v) is 14.4. The van der Waals surface area contributed by atoms with Crippen molar-refractivity contribution in [1.29, 1.82) is 0 Å². The third-order valence-electron chi connectivity index (χ3n) is 6.07. The summed E-state index contributed by atoms with van der Waals surface area (Å²) in [5.41, 5.74) is 0.908.